The molecule has 0 aromatic carbocycles. The van der Waals surface area contributed by atoms with Gasteiger partial charge in [-0.15, -0.1) is 0 Å². The Morgan fingerprint density at radius 1 is 1.14 bits per heavy atom. The van der Waals surface area contributed by atoms with E-state index >= 15 is 0 Å². The topological polar surface area (TPSA) is 77.3 Å². The van der Waals surface area contributed by atoms with Gasteiger partial charge in [0.05, 0.1) is 18.0 Å². The molecule has 0 fully saturated rings. The molecule has 0 atom stereocenters. The van der Waals surface area contributed by atoms with E-state index in [0.29, 0.717) is 41.7 Å². The van der Waals surface area contributed by atoms with Crippen LogP contribution in [-0.4, -0.2) is 39.8 Å². The van der Waals surface area contributed by atoms with Crippen molar-refractivity contribution in [3.05, 3.63) is 27.5 Å². The van der Waals surface area contributed by atoms with E-state index in [2.05, 4.69) is 17.0 Å². The van der Waals surface area contributed by atoms with Crippen molar-refractivity contribution in [3.63, 3.8) is 0 Å². The number of nitrogens with zero attached hydrogens (tertiary/aromatic N) is 4. The third kappa shape index (κ3) is 5.65. The fourth-order valence-electron chi connectivity index (χ4n) is 3.28. The Kier molecular flexibility index (Phi) is 8.37. The van der Waals surface area contributed by atoms with E-state index in [-0.39, 0.29) is 11.9 Å². The van der Waals surface area contributed by atoms with Crippen LogP contribution in [0.4, 0.5) is 5.13 Å². The van der Waals surface area contributed by atoms with Crippen molar-refractivity contribution in [2.45, 2.75) is 66.7 Å². The number of unbranched alkanes of at least 4 members (excludes halogenated alkanes) is 2. The molecule has 0 radical (unpaired) electrons. The molecule has 2 heterocycles. The van der Waals surface area contributed by atoms with Crippen LogP contribution in [0, 0.1) is 20.8 Å². The van der Waals surface area contributed by atoms with Crippen molar-refractivity contribution in [2.75, 3.05) is 18.1 Å². The summed E-state index contributed by atoms with van der Waals surface area (Å²) in [4.78, 5) is 32.0. The lowest BCUT2D eigenvalue weighted by atomic mass is 10.1. The van der Waals surface area contributed by atoms with Gasteiger partial charge in [0.2, 0.25) is 5.91 Å². The molecule has 160 valence electrons. The summed E-state index contributed by atoms with van der Waals surface area (Å²) in [6, 6.07) is 0. The van der Waals surface area contributed by atoms with Crippen LogP contribution in [0.15, 0.2) is 0 Å². The summed E-state index contributed by atoms with van der Waals surface area (Å²) < 4.78 is 6.96. The second-order valence-electron chi connectivity index (χ2n) is 7.16. The molecule has 2 rings (SSSR count). The van der Waals surface area contributed by atoms with Gasteiger partial charge in [-0.05, 0) is 46.1 Å². The number of carbonyl (C=O) groups is 2. The van der Waals surface area contributed by atoms with E-state index in [1.807, 2.05) is 25.6 Å². The summed E-state index contributed by atoms with van der Waals surface area (Å²) in [5.41, 5.74) is 3.78. The van der Waals surface area contributed by atoms with E-state index < -0.39 is 0 Å². The number of hydrogen-bond acceptors (Lipinski definition) is 6. The van der Waals surface area contributed by atoms with Gasteiger partial charge in [0.25, 0.3) is 0 Å². The Bertz CT molecular complexity index is 856. The highest BCUT2D eigenvalue weighted by Gasteiger charge is 2.24. The second kappa shape index (κ2) is 10.5. The minimum atomic E-state index is -0.378. The van der Waals surface area contributed by atoms with E-state index in [1.54, 1.807) is 18.7 Å². The average molecular weight is 421 g/mol. The van der Waals surface area contributed by atoms with Gasteiger partial charge in [-0.25, -0.2) is 9.78 Å². The first-order valence-electron chi connectivity index (χ1n) is 10.2. The smallest absolute Gasteiger partial charge is 0.350 e. The molecular formula is C21H32N4O3S. The number of aromatic nitrogens is 3. The quantitative estimate of drug-likeness (QED) is 0.426. The standard InChI is InChI=1S/C21H32N4O3S/c1-7-9-10-13-25(21-22-15(4)19(29-21)20(27)28-8-2)18(26)12-11-17-14(3)23-24(6)16(17)5/h7-13H2,1-6H3. The van der Waals surface area contributed by atoms with Crippen LogP contribution in [-0.2, 0) is 23.0 Å². The minimum Gasteiger partial charge on any atom is -0.462 e. The first-order valence-corrected chi connectivity index (χ1v) is 11.1. The van der Waals surface area contributed by atoms with Gasteiger partial charge in [-0.3, -0.25) is 14.4 Å². The van der Waals surface area contributed by atoms with Gasteiger partial charge in [0.15, 0.2) is 5.13 Å². The van der Waals surface area contributed by atoms with E-state index in [9.17, 15) is 9.59 Å². The molecule has 0 saturated heterocycles. The summed E-state index contributed by atoms with van der Waals surface area (Å²) in [7, 11) is 1.92. The third-order valence-electron chi connectivity index (χ3n) is 5.01. The highest BCUT2D eigenvalue weighted by atomic mass is 32.1. The summed E-state index contributed by atoms with van der Waals surface area (Å²) in [5.74, 6) is -0.357. The van der Waals surface area contributed by atoms with Crippen LogP contribution in [0.2, 0.25) is 0 Å². The van der Waals surface area contributed by atoms with Gasteiger partial charge in [-0.1, -0.05) is 31.1 Å². The van der Waals surface area contributed by atoms with Crippen molar-refractivity contribution in [3.8, 4) is 0 Å². The monoisotopic (exact) mass is 420 g/mol. The molecule has 0 aliphatic rings. The molecule has 29 heavy (non-hydrogen) atoms. The molecule has 0 saturated carbocycles. The molecule has 0 unspecified atom stereocenters. The molecule has 0 aliphatic carbocycles. The van der Waals surface area contributed by atoms with Crippen molar-refractivity contribution in [2.24, 2.45) is 7.05 Å². The number of carbonyl (C=O) groups excluding carboxylic acids is 2. The highest BCUT2D eigenvalue weighted by molar-refractivity contribution is 7.17. The van der Waals surface area contributed by atoms with Crippen LogP contribution in [0.1, 0.15) is 71.8 Å². The van der Waals surface area contributed by atoms with E-state index in [0.717, 1.165) is 36.2 Å². The first-order chi connectivity index (χ1) is 13.8. The number of hydrogen-bond donors (Lipinski definition) is 0. The predicted octanol–water partition coefficient (Wildman–Crippen LogP) is 4.13. The Labute approximate surface area is 177 Å². The molecule has 8 heteroatoms. The average Bonchev–Trinajstić information content (AvgIpc) is 3.16. The normalized spacial score (nSPS) is 11.0. The lowest BCUT2D eigenvalue weighted by Crippen LogP contribution is -2.32. The van der Waals surface area contributed by atoms with Crippen molar-refractivity contribution in [1.82, 2.24) is 14.8 Å². The lowest BCUT2D eigenvalue weighted by Gasteiger charge is -2.20. The largest absolute Gasteiger partial charge is 0.462 e. The molecular weight excluding hydrogens is 388 g/mol. The predicted molar refractivity (Wildman–Crippen MR) is 116 cm³/mol. The van der Waals surface area contributed by atoms with Gasteiger partial charge in [0.1, 0.15) is 4.88 Å². The number of anilines is 1. The van der Waals surface area contributed by atoms with Crippen molar-refractivity contribution in [1.29, 1.82) is 0 Å². The fraction of sp³-hybridized carbons (Fsp3) is 0.619. The van der Waals surface area contributed by atoms with Gasteiger partial charge < -0.3 is 4.74 Å². The molecule has 0 aliphatic heterocycles. The lowest BCUT2D eigenvalue weighted by molar-refractivity contribution is -0.118. The summed E-state index contributed by atoms with van der Waals surface area (Å²) in [5, 5.41) is 5.01. The van der Waals surface area contributed by atoms with Crippen LogP contribution < -0.4 is 4.90 Å². The molecule has 0 spiro atoms. The number of thiazole rings is 1. The van der Waals surface area contributed by atoms with E-state index in [1.165, 1.54) is 11.3 Å². The maximum Gasteiger partial charge on any atom is 0.350 e. The Balaban J connectivity index is 2.19. The van der Waals surface area contributed by atoms with Gasteiger partial charge >= 0.3 is 5.97 Å². The SMILES string of the molecule is CCCCCN(C(=O)CCc1c(C)nn(C)c1C)c1nc(C)c(C(=O)OCC)s1. The zero-order valence-corrected chi connectivity index (χ0v) is 19.2. The number of aryl methyl sites for hydroxylation is 3. The summed E-state index contributed by atoms with van der Waals surface area (Å²) in [6.07, 6.45) is 4.04. The Morgan fingerprint density at radius 3 is 2.45 bits per heavy atom. The maximum atomic E-state index is 13.1. The molecule has 0 N–H and O–H groups in total. The van der Waals surface area contributed by atoms with E-state index in [4.69, 9.17) is 4.74 Å². The van der Waals surface area contributed by atoms with Crippen LogP contribution in [0.5, 0.6) is 0 Å². The molecule has 2 aromatic rings. The molecule has 0 bridgehead atoms. The fourth-order valence-corrected chi connectivity index (χ4v) is 4.28. The van der Waals surface area contributed by atoms with Crippen LogP contribution in [0.3, 0.4) is 0 Å². The Hall–Kier alpha value is -2.22. The number of rotatable bonds is 10. The van der Waals surface area contributed by atoms with Crippen molar-refractivity contribution < 1.29 is 14.3 Å². The highest BCUT2D eigenvalue weighted by Crippen LogP contribution is 2.28. The third-order valence-corrected chi connectivity index (χ3v) is 6.17. The second-order valence-corrected chi connectivity index (χ2v) is 8.13. The first kappa shape index (κ1) is 23.1. The zero-order chi connectivity index (χ0) is 21.6. The van der Waals surface area contributed by atoms with Gasteiger partial charge in [0, 0.05) is 25.7 Å². The molecule has 7 nitrogen and oxygen atoms in total. The molecule has 1 amide bonds. The van der Waals surface area contributed by atoms with Gasteiger partial charge in [-0.2, -0.15) is 5.10 Å². The number of esters is 1. The van der Waals surface area contributed by atoms with Crippen LogP contribution in [0.25, 0.3) is 0 Å². The van der Waals surface area contributed by atoms with Crippen LogP contribution >= 0.6 is 11.3 Å². The summed E-state index contributed by atoms with van der Waals surface area (Å²) >= 11 is 1.24. The van der Waals surface area contributed by atoms with Crippen molar-refractivity contribution >= 4 is 28.3 Å². The zero-order valence-electron chi connectivity index (χ0n) is 18.4. The number of amides is 1. The summed E-state index contributed by atoms with van der Waals surface area (Å²) in [6.45, 7) is 10.6. The maximum absolute atomic E-state index is 13.1. The number of ether oxygens (including phenoxy) is 1. The Morgan fingerprint density at radius 2 is 1.86 bits per heavy atom. The minimum absolute atomic E-state index is 0.0212. The molecule has 2 aromatic heterocycles.